The highest BCUT2D eigenvalue weighted by molar-refractivity contribution is 5.71. The molecule has 1 unspecified atom stereocenters. The summed E-state index contributed by atoms with van der Waals surface area (Å²) in [4.78, 5) is 38.2. The Kier molecular flexibility index (Phi) is 55.1. The number of hydrogen-bond donors (Lipinski definition) is 0. The molecule has 0 fully saturated rings. The summed E-state index contributed by atoms with van der Waals surface area (Å²) >= 11 is 0. The maximum atomic E-state index is 12.9. The number of allylic oxidation sites excluding steroid dienone is 28. The fourth-order valence-corrected chi connectivity index (χ4v) is 7.21. The minimum absolute atomic E-state index is 0.121. The van der Waals surface area contributed by atoms with Crippen LogP contribution in [0.2, 0.25) is 0 Å². The number of hydrogen-bond acceptors (Lipinski definition) is 6. The van der Waals surface area contributed by atoms with Gasteiger partial charge >= 0.3 is 17.9 Å². The molecule has 6 nitrogen and oxygen atoms in total. The second kappa shape index (κ2) is 59.3. The van der Waals surface area contributed by atoms with E-state index < -0.39 is 6.10 Å². The van der Waals surface area contributed by atoms with Gasteiger partial charge in [0.25, 0.3) is 0 Å². The Morgan fingerprint density at radius 2 is 0.562 bits per heavy atom. The summed E-state index contributed by atoms with van der Waals surface area (Å²) in [6.07, 6.45) is 87.5. The van der Waals surface area contributed by atoms with E-state index in [9.17, 15) is 14.4 Å². The van der Waals surface area contributed by atoms with Crippen LogP contribution in [0.1, 0.15) is 213 Å². The van der Waals surface area contributed by atoms with Gasteiger partial charge in [0.15, 0.2) is 6.10 Å². The predicted octanol–water partition coefficient (Wildman–Crippen LogP) is 19.5. The number of ether oxygens (including phenoxy) is 3. The second-order valence-corrected chi connectivity index (χ2v) is 18.4. The summed E-state index contributed by atoms with van der Waals surface area (Å²) in [6, 6.07) is 0. The van der Waals surface area contributed by atoms with Crippen molar-refractivity contribution in [3.8, 4) is 0 Å². The van der Waals surface area contributed by atoms with Crippen LogP contribution >= 0.6 is 0 Å². The highest BCUT2D eigenvalue weighted by Gasteiger charge is 2.19. The van der Waals surface area contributed by atoms with Crippen LogP contribution in [0, 0.1) is 0 Å². The van der Waals surface area contributed by atoms with E-state index in [0.717, 1.165) is 109 Å². The van der Waals surface area contributed by atoms with E-state index in [4.69, 9.17) is 14.2 Å². The molecule has 0 aromatic rings. The molecule has 0 rings (SSSR count). The van der Waals surface area contributed by atoms with E-state index in [1.165, 1.54) is 57.8 Å². The molecular weight excluding hydrogens is 901 g/mol. The smallest absolute Gasteiger partial charge is 0.306 e. The Morgan fingerprint density at radius 3 is 0.918 bits per heavy atom. The molecule has 0 aliphatic heterocycles. The van der Waals surface area contributed by atoms with E-state index in [2.05, 4.69) is 81.5 Å². The minimum Gasteiger partial charge on any atom is -0.462 e. The van der Waals surface area contributed by atoms with Crippen LogP contribution in [0.5, 0.6) is 0 Å². The fraction of sp³-hybridized carbons (Fsp3) is 0.537. The van der Waals surface area contributed by atoms with Crippen LogP contribution in [-0.4, -0.2) is 37.2 Å². The van der Waals surface area contributed by atoms with Gasteiger partial charge in [0.05, 0.1) is 0 Å². The molecule has 0 radical (unpaired) electrons. The van der Waals surface area contributed by atoms with Crippen molar-refractivity contribution in [3.05, 3.63) is 170 Å². The monoisotopic (exact) mass is 1000 g/mol. The molecule has 0 saturated carbocycles. The van der Waals surface area contributed by atoms with Crippen LogP contribution in [0.15, 0.2) is 170 Å². The van der Waals surface area contributed by atoms with Crippen molar-refractivity contribution in [1.29, 1.82) is 0 Å². The minimum atomic E-state index is -0.828. The van der Waals surface area contributed by atoms with Crippen molar-refractivity contribution in [3.63, 3.8) is 0 Å². The van der Waals surface area contributed by atoms with Crippen molar-refractivity contribution in [2.24, 2.45) is 0 Å². The molecule has 406 valence electrons. The standard InChI is InChI=1S/C67H102O6/c1-4-7-10-13-16-19-22-25-28-31-34-37-39-42-45-48-51-54-57-60-66(69)72-63-64(73-67(70)61-58-55-52-49-46-43-40-36-33-30-27-24-21-18-15-12-9-6-3)62-71-65(68)59-56-53-50-47-44-41-38-35-32-29-26-23-20-17-14-11-8-5-2/h7,10,12-13,15-16,18-19,21-22,24-25,27-40,42,45,64H,4-6,8-9,11,14,17,20,23,26,41,43-44,46-63H2,1-3H3/b10-7-,15-12-,16-13-,21-18-,22-19-,27-24-,28-25-,32-29-,33-30-,34-31+,38-35-,39-37-,40-36-,45-42-. The van der Waals surface area contributed by atoms with E-state index in [1.54, 1.807) is 0 Å². The maximum Gasteiger partial charge on any atom is 0.306 e. The van der Waals surface area contributed by atoms with Crippen molar-refractivity contribution >= 4 is 17.9 Å². The highest BCUT2D eigenvalue weighted by atomic mass is 16.6. The number of unbranched alkanes of at least 4 members (excludes halogenated alkanes) is 21. The Labute approximate surface area is 447 Å². The largest absolute Gasteiger partial charge is 0.462 e. The number of carbonyl (C=O) groups excluding carboxylic acids is 3. The summed E-state index contributed by atoms with van der Waals surface area (Å²) in [7, 11) is 0. The van der Waals surface area contributed by atoms with Crippen LogP contribution in [0.25, 0.3) is 0 Å². The van der Waals surface area contributed by atoms with Crippen LogP contribution in [0.4, 0.5) is 0 Å². The Balaban J connectivity index is 4.62. The van der Waals surface area contributed by atoms with Gasteiger partial charge in [-0.3, -0.25) is 14.4 Å². The normalized spacial score (nSPS) is 13.4. The quantitative estimate of drug-likeness (QED) is 0.0261. The van der Waals surface area contributed by atoms with Crippen molar-refractivity contribution < 1.29 is 28.6 Å². The molecule has 0 aliphatic carbocycles. The first kappa shape index (κ1) is 67.8. The first-order valence-electron chi connectivity index (χ1n) is 28.8. The van der Waals surface area contributed by atoms with Gasteiger partial charge in [-0.25, -0.2) is 0 Å². The number of carbonyl (C=O) groups is 3. The molecule has 0 heterocycles. The Hall–Kier alpha value is -5.23. The van der Waals surface area contributed by atoms with Gasteiger partial charge in [-0.2, -0.15) is 0 Å². The summed E-state index contributed by atoms with van der Waals surface area (Å²) in [5.41, 5.74) is 0. The molecule has 6 heteroatoms. The molecule has 0 aromatic carbocycles. The highest BCUT2D eigenvalue weighted by Crippen LogP contribution is 2.13. The first-order valence-corrected chi connectivity index (χ1v) is 28.8. The molecule has 0 saturated heterocycles. The average molecular weight is 1000 g/mol. The predicted molar refractivity (Wildman–Crippen MR) is 315 cm³/mol. The molecule has 1 atom stereocenters. The molecule has 0 bridgehead atoms. The molecule has 0 spiro atoms. The summed E-state index contributed by atoms with van der Waals surface area (Å²) < 4.78 is 16.8. The molecule has 73 heavy (non-hydrogen) atoms. The fourth-order valence-electron chi connectivity index (χ4n) is 7.21. The van der Waals surface area contributed by atoms with Gasteiger partial charge in [0.2, 0.25) is 0 Å². The van der Waals surface area contributed by atoms with Crippen LogP contribution in [0.3, 0.4) is 0 Å². The zero-order valence-electron chi connectivity index (χ0n) is 46.3. The van der Waals surface area contributed by atoms with Gasteiger partial charge < -0.3 is 14.2 Å². The van der Waals surface area contributed by atoms with E-state index in [1.807, 2.05) is 109 Å². The Bertz CT molecular complexity index is 1720. The second-order valence-electron chi connectivity index (χ2n) is 18.4. The van der Waals surface area contributed by atoms with Gasteiger partial charge in [0.1, 0.15) is 13.2 Å². The molecular formula is C67H102O6. The maximum absolute atomic E-state index is 12.9. The lowest BCUT2D eigenvalue weighted by atomic mass is 10.1. The van der Waals surface area contributed by atoms with Gasteiger partial charge in [-0.1, -0.05) is 281 Å². The number of rotatable bonds is 49. The van der Waals surface area contributed by atoms with Crippen molar-refractivity contribution in [2.45, 2.75) is 219 Å². The third-order valence-corrected chi connectivity index (χ3v) is 11.5. The van der Waals surface area contributed by atoms with E-state index >= 15 is 0 Å². The third-order valence-electron chi connectivity index (χ3n) is 11.5. The van der Waals surface area contributed by atoms with Crippen molar-refractivity contribution in [1.82, 2.24) is 0 Å². The SMILES string of the molecule is CC\C=C/C=C\C=C/C=C\C=C\C=C/C=C\CCCCCC(=O)OCC(COC(=O)CCCCCCC/C=C\C=C/CCCCCCCCC)OC(=O)CCCCCCC\C=C/C=C\C=C/C=C\C=C/CCC. The van der Waals surface area contributed by atoms with Crippen LogP contribution in [-0.2, 0) is 28.6 Å². The number of esters is 3. The van der Waals surface area contributed by atoms with E-state index in [-0.39, 0.29) is 44.0 Å². The van der Waals surface area contributed by atoms with Crippen LogP contribution < -0.4 is 0 Å². The van der Waals surface area contributed by atoms with E-state index in [0.29, 0.717) is 12.8 Å². The lowest BCUT2D eigenvalue weighted by Crippen LogP contribution is -2.30. The molecule has 0 N–H and O–H groups in total. The third kappa shape index (κ3) is 57.5. The molecule has 0 aromatic heterocycles. The van der Waals surface area contributed by atoms with Gasteiger partial charge in [-0.05, 0) is 83.5 Å². The summed E-state index contributed by atoms with van der Waals surface area (Å²) in [5.74, 6) is -1.02. The first-order chi connectivity index (χ1) is 36.0. The zero-order chi connectivity index (χ0) is 52.9. The topological polar surface area (TPSA) is 78.9 Å². The zero-order valence-corrected chi connectivity index (χ0v) is 46.3. The van der Waals surface area contributed by atoms with Gasteiger partial charge in [0, 0.05) is 19.3 Å². The molecule has 0 amide bonds. The summed E-state index contributed by atoms with van der Waals surface area (Å²) in [6.45, 7) is 6.31. The lowest BCUT2D eigenvalue weighted by Gasteiger charge is -2.18. The van der Waals surface area contributed by atoms with Gasteiger partial charge in [-0.15, -0.1) is 0 Å². The molecule has 0 aliphatic rings. The lowest BCUT2D eigenvalue weighted by molar-refractivity contribution is -0.167. The Morgan fingerprint density at radius 1 is 0.288 bits per heavy atom. The van der Waals surface area contributed by atoms with Crippen molar-refractivity contribution in [2.75, 3.05) is 13.2 Å². The average Bonchev–Trinajstić information content (AvgIpc) is 3.39. The summed E-state index contributed by atoms with van der Waals surface area (Å²) in [5, 5.41) is 0.